The Kier molecular flexibility index (Phi) is 4.34. The number of nitrogens with zero attached hydrogens (tertiary/aromatic N) is 2. The molecular weight excluding hydrogens is 278 g/mol. The average molecular weight is 303 g/mol. The van der Waals surface area contributed by atoms with Crippen molar-refractivity contribution < 1.29 is 9.53 Å². The van der Waals surface area contributed by atoms with Crippen molar-refractivity contribution in [2.45, 2.75) is 44.6 Å². The highest BCUT2D eigenvalue weighted by atomic mass is 16.5. The van der Waals surface area contributed by atoms with E-state index in [1.54, 1.807) is 6.20 Å². The molecule has 1 saturated heterocycles. The number of hydrogen-bond acceptors (Lipinski definition) is 4. The lowest BCUT2D eigenvalue weighted by molar-refractivity contribution is -0.131. The predicted octanol–water partition coefficient (Wildman–Crippen LogP) is 2.06. The average Bonchev–Trinajstić information content (AvgIpc) is 3.37. The fourth-order valence-electron chi connectivity index (χ4n) is 3.04. The number of hydrogen-bond donors (Lipinski definition) is 1. The first-order valence-electron chi connectivity index (χ1n) is 8.25. The second kappa shape index (κ2) is 6.24. The van der Waals surface area contributed by atoms with Gasteiger partial charge in [0.05, 0.1) is 18.5 Å². The molecule has 1 saturated carbocycles. The van der Waals surface area contributed by atoms with E-state index < -0.39 is 5.54 Å². The van der Waals surface area contributed by atoms with Crippen LogP contribution >= 0.6 is 0 Å². The first-order valence-corrected chi connectivity index (χ1v) is 8.25. The van der Waals surface area contributed by atoms with Gasteiger partial charge in [0.2, 0.25) is 5.91 Å². The first kappa shape index (κ1) is 15.3. The van der Waals surface area contributed by atoms with E-state index in [0.717, 1.165) is 38.3 Å². The number of primary amides is 1. The Hall–Kier alpha value is -1.62. The SMILES string of the molecule is CC(C(N)=O)(c1ccc(OCC2CC2)cn1)N1CCCCC1. The second-order valence-electron chi connectivity index (χ2n) is 6.62. The maximum atomic E-state index is 12.1. The summed E-state index contributed by atoms with van der Waals surface area (Å²) in [6.07, 6.45) is 7.66. The van der Waals surface area contributed by atoms with Crippen molar-refractivity contribution in [3.8, 4) is 5.75 Å². The molecule has 2 aliphatic rings. The maximum absolute atomic E-state index is 12.1. The molecule has 1 aromatic rings. The molecular formula is C17H25N3O2. The van der Waals surface area contributed by atoms with Crippen molar-refractivity contribution >= 4 is 5.91 Å². The third-order valence-corrected chi connectivity index (χ3v) is 4.89. The molecule has 0 radical (unpaired) electrons. The topological polar surface area (TPSA) is 68.5 Å². The minimum absolute atomic E-state index is 0.339. The molecule has 5 nitrogen and oxygen atoms in total. The molecule has 1 unspecified atom stereocenters. The Morgan fingerprint density at radius 1 is 1.36 bits per heavy atom. The van der Waals surface area contributed by atoms with Gasteiger partial charge < -0.3 is 10.5 Å². The predicted molar refractivity (Wildman–Crippen MR) is 84.4 cm³/mol. The summed E-state index contributed by atoms with van der Waals surface area (Å²) in [6.45, 7) is 4.43. The molecule has 2 fully saturated rings. The van der Waals surface area contributed by atoms with Crippen LogP contribution in [0.1, 0.15) is 44.7 Å². The lowest BCUT2D eigenvalue weighted by Crippen LogP contribution is -2.55. The van der Waals surface area contributed by atoms with E-state index >= 15 is 0 Å². The number of amides is 1. The molecule has 2 N–H and O–H groups in total. The van der Waals surface area contributed by atoms with Gasteiger partial charge in [0, 0.05) is 0 Å². The smallest absolute Gasteiger partial charge is 0.243 e. The Morgan fingerprint density at radius 2 is 2.09 bits per heavy atom. The first-order chi connectivity index (χ1) is 10.6. The zero-order valence-electron chi connectivity index (χ0n) is 13.3. The molecule has 5 heteroatoms. The van der Waals surface area contributed by atoms with Crippen molar-refractivity contribution in [3.05, 3.63) is 24.0 Å². The number of likely N-dealkylation sites (tertiary alicyclic amines) is 1. The standard InChI is InChI=1S/C17H25N3O2/c1-17(16(18)21,20-9-3-2-4-10-20)15-8-7-14(11-19-15)22-12-13-5-6-13/h7-8,11,13H,2-6,9-10,12H2,1H3,(H2,18,21). The van der Waals surface area contributed by atoms with Crippen LogP contribution < -0.4 is 10.5 Å². The number of carbonyl (C=O) groups is 1. The minimum Gasteiger partial charge on any atom is -0.492 e. The fourth-order valence-corrected chi connectivity index (χ4v) is 3.04. The molecule has 3 rings (SSSR count). The number of pyridine rings is 1. The zero-order valence-corrected chi connectivity index (χ0v) is 13.3. The highest BCUT2D eigenvalue weighted by molar-refractivity contribution is 5.85. The summed E-state index contributed by atoms with van der Waals surface area (Å²) < 4.78 is 5.71. The molecule has 0 aromatic carbocycles. The Balaban J connectivity index is 1.76. The molecule has 120 valence electrons. The summed E-state index contributed by atoms with van der Waals surface area (Å²) in [5.74, 6) is 1.14. The van der Waals surface area contributed by atoms with Crippen molar-refractivity contribution in [3.63, 3.8) is 0 Å². The number of rotatable bonds is 6. The quantitative estimate of drug-likeness (QED) is 0.873. The van der Waals surface area contributed by atoms with Gasteiger partial charge >= 0.3 is 0 Å². The summed E-state index contributed by atoms with van der Waals surface area (Å²) in [5.41, 5.74) is 5.60. The lowest BCUT2D eigenvalue weighted by atomic mass is 9.91. The van der Waals surface area contributed by atoms with E-state index in [1.165, 1.54) is 19.3 Å². The molecule has 0 bridgehead atoms. The molecule has 1 aliphatic carbocycles. The van der Waals surface area contributed by atoms with Gasteiger partial charge in [-0.1, -0.05) is 6.42 Å². The number of piperidine rings is 1. The Morgan fingerprint density at radius 3 is 2.64 bits per heavy atom. The molecule has 2 heterocycles. The van der Waals surface area contributed by atoms with Crippen molar-refractivity contribution in [1.29, 1.82) is 0 Å². The van der Waals surface area contributed by atoms with Gasteiger partial charge in [-0.05, 0) is 63.7 Å². The van der Waals surface area contributed by atoms with Crippen LogP contribution in [0.2, 0.25) is 0 Å². The summed E-state index contributed by atoms with van der Waals surface area (Å²) in [4.78, 5) is 18.8. The van der Waals surface area contributed by atoms with Crippen LogP contribution in [0.4, 0.5) is 0 Å². The minimum atomic E-state index is -0.838. The molecule has 1 aliphatic heterocycles. The van der Waals surface area contributed by atoms with Gasteiger partial charge in [0.1, 0.15) is 11.3 Å². The number of aromatic nitrogens is 1. The number of carbonyl (C=O) groups excluding carboxylic acids is 1. The third kappa shape index (κ3) is 3.09. The van der Waals surface area contributed by atoms with Gasteiger partial charge in [-0.3, -0.25) is 14.7 Å². The Bertz CT molecular complexity index is 521. The van der Waals surface area contributed by atoms with Crippen LogP contribution in [-0.2, 0) is 10.3 Å². The summed E-state index contributed by atoms with van der Waals surface area (Å²) in [7, 11) is 0. The highest BCUT2D eigenvalue weighted by Crippen LogP contribution is 2.32. The van der Waals surface area contributed by atoms with Crippen LogP contribution in [0.15, 0.2) is 18.3 Å². The van der Waals surface area contributed by atoms with E-state index in [1.807, 2.05) is 19.1 Å². The lowest BCUT2D eigenvalue weighted by Gasteiger charge is -2.40. The molecule has 1 atom stereocenters. The summed E-state index contributed by atoms with van der Waals surface area (Å²) in [6, 6.07) is 3.78. The largest absolute Gasteiger partial charge is 0.492 e. The van der Waals surface area contributed by atoms with E-state index in [2.05, 4.69) is 9.88 Å². The summed E-state index contributed by atoms with van der Waals surface area (Å²) >= 11 is 0. The van der Waals surface area contributed by atoms with E-state index in [9.17, 15) is 4.79 Å². The second-order valence-corrected chi connectivity index (χ2v) is 6.62. The zero-order chi connectivity index (χ0) is 15.6. The van der Waals surface area contributed by atoms with Crippen LogP contribution in [0, 0.1) is 5.92 Å². The number of ether oxygens (including phenoxy) is 1. The van der Waals surface area contributed by atoms with Crippen molar-refractivity contribution in [2.75, 3.05) is 19.7 Å². The van der Waals surface area contributed by atoms with Crippen molar-refractivity contribution in [2.24, 2.45) is 11.7 Å². The van der Waals surface area contributed by atoms with Gasteiger partial charge in [0.25, 0.3) is 0 Å². The Labute approximate surface area is 131 Å². The molecule has 0 spiro atoms. The van der Waals surface area contributed by atoms with Gasteiger partial charge in [-0.2, -0.15) is 0 Å². The van der Waals surface area contributed by atoms with Crippen LogP contribution in [-0.4, -0.2) is 35.5 Å². The third-order valence-electron chi connectivity index (χ3n) is 4.89. The normalized spacial score (nSPS) is 22.0. The van der Waals surface area contributed by atoms with Crippen LogP contribution in [0.5, 0.6) is 5.75 Å². The maximum Gasteiger partial charge on any atom is 0.243 e. The van der Waals surface area contributed by atoms with E-state index in [4.69, 9.17) is 10.5 Å². The van der Waals surface area contributed by atoms with Gasteiger partial charge in [0.15, 0.2) is 0 Å². The van der Waals surface area contributed by atoms with E-state index in [0.29, 0.717) is 11.6 Å². The number of nitrogens with two attached hydrogens (primary N) is 1. The van der Waals surface area contributed by atoms with Crippen LogP contribution in [0.3, 0.4) is 0 Å². The monoisotopic (exact) mass is 303 g/mol. The van der Waals surface area contributed by atoms with Crippen LogP contribution in [0.25, 0.3) is 0 Å². The molecule has 22 heavy (non-hydrogen) atoms. The molecule has 1 aromatic heterocycles. The molecule has 1 amide bonds. The van der Waals surface area contributed by atoms with Gasteiger partial charge in [-0.15, -0.1) is 0 Å². The summed E-state index contributed by atoms with van der Waals surface area (Å²) in [5, 5.41) is 0. The highest BCUT2D eigenvalue weighted by Gasteiger charge is 2.41. The fraction of sp³-hybridized carbons (Fsp3) is 0.647. The van der Waals surface area contributed by atoms with Crippen molar-refractivity contribution in [1.82, 2.24) is 9.88 Å². The van der Waals surface area contributed by atoms with E-state index in [-0.39, 0.29) is 5.91 Å². The van der Waals surface area contributed by atoms with Gasteiger partial charge in [-0.25, -0.2) is 0 Å².